The maximum Gasteiger partial charge on any atom is 0.326 e. The Bertz CT molecular complexity index is 3160. The molecule has 70 heavy (non-hydrogen) atoms. The van der Waals surface area contributed by atoms with Crippen molar-refractivity contribution in [3.8, 4) is 0 Å². The average Bonchev–Trinajstić information content (AvgIpc) is 4.02. The standard InChI is InChI=1S/C27H26Cl2N4O3.C27H28Cl2N4O/c1-4-21-23(29)15-25(33(35)36)22(5-2)26(21)31-27(34)32(16(3)17-6-8-19(28)9-7-17)20-10-11-24-18(14-20)12-13-30-24;1-4-21-23(29)15-24(30)22(5-2)26(21)32-27(34)33(16(3)17-6-8-19(28)9-7-17)20-10-11-25-18(14-20)12-13-31-25/h6-16,30H,4-5H2,1-3H3,(H,31,34);6-16,31H,4-5,30H2,1-3H3,(H,32,34)/t2*16-/m00/s1. The molecule has 6 aromatic carbocycles. The number of carbonyl (C=O) groups is 2. The van der Waals surface area contributed by atoms with Gasteiger partial charge in [0.05, 0.1) is 39.0 Å². The number of halogens is 4. The third kappa shape index (κ3) is 10.9. The van der Waals surface area contributed by atoms with Gasteiger partial charge in [0.15, 0.2) is 0 Å². The molecular formula is C54H54Cl4N8O4. The number of urea groups is 2. The quantitative estimate of drug-likeness (QED) is 0.0440. The summed E-state index contributed by atoms with van der Waals surface area (Å²) in [5, 5.41) is 21.9. The minimum atomic E-state index is -0.465. The third-order valence-electron chi connectivity index (χ3n) is 12.6. The van der Waals surface area contributed by atoms with Gasteiger partial charge in [0.2, 0.25) is 0 Å². The molecule has 0 aliphatic rings. The minimum Gasteiger partial charge on any atom is -0.398 e. The number of nitrogens with two attached hydrogens (primary N) is 1. The highest BCUT2D eigenvalue weighted by molar-refractivity contribution is 6.33. The van der Waals surface area contributed by atoms with Crippen LogP contribution >= 0.6 is 46.4 Å². The number of H-pyrrole nitrogens is 2. The Morgan fingerprint density at radius 1 is 0.586 bits per heavy atom. The number of aromatic nitrogens is 2. The van der Waals surface area contributed by atoms with Crippen LogP contribution in [0.15, 0.2) is 122 Å². The van der Waals surface area contributed by atoms with E-state index in [1.165, 1.54) is 6.07 Å². The number of hydrogen-bond donors (Lipinski definition) is 5. The first-order chi connectivity index (χ1) is 33.6. The number of anilines is 5. The molecule has 362 valence electrons. The minimum absolute atomic E-state index is 0.110. The number of rotatable bonds is 13. The summed E-state index contributed by atoms with van der Waals surface area (Å²) in [6.45, 7) is 11.7. The molecule has 16 heteroatoms. The number of nitrogens with zero attached hydrogens (tertiary/aromatic N) is 3. The Hall–Kier alpha value is -6.70. The van der Waals surface area contributed by atoms with Gasteiger partial charge in [-0.05, 0) is 146 Å². The summed E-state index contributed by atoms with van der Waals surface area (Å²) < 4.78 is 0. The van der Waals surface area contributed by atoms with Crippen molar-refractivity contribution < 1.29 is 14.5 Å². The monoisotopic (exact) mass is 1020 g/mol. The molecule has 2 heterocycles. The van der Waals surface area contributed by atoms with E-state index in [0.717, 1.165) is 49.7 Å². The van der Waals surface area contributed by atoms with Gasteiger partial charge in [0, 0.05) is 72.4 Å². The topological polar surface area (TPSA) is 165 Å². The van der Waals surface area contributed by atoms with Gasteiger partial charge in [-0.15, -0.1) is 0 Å². The van der Waals surface area contributed by atoms with Crippen LogP contribution in [0.25, 0.3) is 21.8 Å². The molecule has 0 aliphatic heterocycles. The third-order valence-corrected chi connectivity index (χ3v) is 13.8. The molecule has 0 fully saturated rings. The van der Waals surface area contributed by atoms with Crippen molar-refractivity contribution in [2.24, 2.45) is 0 Å². The van der Waals surface area contributed by atoms with E-state index in [9.17, 15) is 19.7 Å². The second-order valence-corrected chi connectivity index (χ2v) is 18.4. The van der Waals surface area contributed by atoms with Crippen LogP contribution in [0, 0.1) is 10.1 Å². The molecule has 0 radical (unpaired) electrons. The van der Waals surface area contributed by atoms with Gasteiger partial charge in [0.1, 0.15) is 0 Å². The van der Waals surface area contributed by atoms with Gasteiger partial charge in [-0.25, -0.2) is 9.59 Å². The number of nitro benzene ring substituents is 1. The predicted octanol–water partition coefficient (Wildman–Crippen LogP) is 16.3. The van der Waals surface area contributed by atoms with Gasteiger partial charge >= 0.3 is 12.1 Å². The van der Waals surface area contributed by atoms with E-state index in [0.29, 0.717) is 74.6 Å². The first-order valence-electron chi connectivity index (χ1n) is 23.0. The lowest BCUT2D eigenvalue weighted by atomic mass is 10.0. The van der Waals surface area contributed by atoms with E-state index in [4.69, 9.17) is 52.1 Å². The van der Waals surface area contributed by atoms with Crippen molar-refractivity contribution in [1.82, 2.24) is 9.97 Å². The molecule has 0 spiro atoms. The number of carbonyl (C=O) groups excluding carboxylic acids is 2. The largest absolute Gasteiger partial charge is 0.398 e. The van der Waals surface area contributed by atoms with E-state index >= 15 is 0 Å². The van der Waals surface area contributed by atoms with Crippen molar-refractivity contribution in [3.05, 3.63) is 185 Å². The zero-order valence-corrected chi connectivity index (χ0v) is 42.6. The lowest BCUT2D eigenvalue weighted by Crippen LogP contribution is -2.37. The molecule has 0 aliphatic carbocycles. The van der Waals surface area contributed by atoms with Crippen LogP contribution in [0.3, 0.4) is 0 Å². The van der Waals surface area contributed by atoms with E-state index < -0.39 is 11.0 Å². The van der Waals surface area contributed by atoms with Crippen LogP contribution < -0.4 is 26.2 Å². The highest BCUT2D eigenvalue weighted by Crippen LogP contribution is 2.40. The van der Waals surface area contributed by atoms with Crippen molar-refractivity contribution in [1.29, 1.82) is 0 Å². The van der Waals surface area contributed by atoms with E-state index in [1.807, 2.05) is 139 Å². The normalized spacial score (nSPS) is 12.0. The molecule has 0 bridgehead atoms. The molecule has 0 saturated carbocycles. The van der Waals surface area contributed by atoms with Gasteiger partial charge in [0.25, 0.3) is 5.69 Å². The fourth-order valence-corrected chi connectivity index (χ4v) is 9.83. The summed E-state index contributed by atoms with van der Waals surface area (Å²) in [6.07, 6.45) is 5.93. The smallest absolute Gasteiger partial charge is 0.326 e. The summed E-state index contributed by atoms with van der Waals surface area (Å²) in [5.41, 5.74) is 15.9. The molecule has 2 aromatic heterocycles. The fourth-order valence-electron chi connectivity index (χ4n) is 8.90. The number of aromatic amines is 2. The molecule has 8 rings (SSSR count). The highest BCUT2D eigenvalue weighted by Gasteiger charge is 2.30. The summed E-state index contributed by atoms with van der Waals surface area (Å²) in [4.78, 5) is 48.9. The summed E-state index contributed by atoms with van der Waals surface area (Å²) >= 11 is 25.1. The van der Waals surface area contributed by atoms with Crippen LogP contribution in [0.5, 0.6) is 0 Å². The second kappa shape index (κ2) is 22.4. The lowest BCUT2D eigenvalue weighted by molar-refractivity contribution is -0.385. The lowest BCUT2D eigenvalue weighted by Gasteiger charge is -2.31. The maximum atomic E-state index is 14.0. The molecular weight excluding hydrogens is 966 g/mol. The van der Waals surface area contributed by atoms with Crippen LogP contribution in [0.2, 0.25) is 20.1 Å². The summed E-state index contributed by atoms with van der Waals surface area (Å²) in [7, 11) is 0. The number of fused-ring (bicyclic) bond motifs is 2. The van der Waals surface area contributed by atoms with E-state index in [1.54, 1.807) is 28.0 Å². The average molecular weight is 1020 g/mol. The highest BCUT2D eigenvalue weighted by atomic mass is 35.5. The number of nitrogen functional groups attached to an aromatic ring is 1. The van der Waals surface area contributed by atoms with Crippen LogP contribution in [-0.2, 0) is 25.7 Å². The number of nitrogens with one attached hydrogen (secondary N) is 4. The summed E-state index contributed by atoms with van der Waals surface area (Å²) in [5.74, 6) is 0. The van der Waals surface area contributed by atoms with Gasteiger partial charge in [-0.2, -0.15) is 0 Å². The fraction of sp³-hybridized carbons (Fsp3) is 0.222. The second-order valence-electron chi connectivity index (χ2n) is 16.7. The van der Waals surface area contributed by atoms with Gasteiger partial charge in [-0.1, -0.05) is 98.4 Å². The van der Waals surface area contributed by atoms with E-state index in [2.05, 4.69) is 20.6 Å². The summed E-state index contributed by atoms with van der Waals surface area (Å²) in [6, 6.07) is 32.2. The maximum absolute atomic E-state index is 14.0. The molecule has 4 amide bonds. The van der Waals surface area contributed by atoms with Crippen LogP contribution in [0.1, 0.15) is 87.0 Å². The van der Waals surface area contributed by atoms with Crippen molar-refractivity contribution in [2.75, 3.05) is 26.2 Å². The van der Waals surface area contributed by atoms with Crippen LogP contribution in [0.4, 0.5) is 43.7 Å². The Balaban J connectivity index is 0.000000207. The Labute approximate surface area is 427 Å². The van der Waals surface area contributed by atoms with Gasteiger partial charge < -0.3 is 26.3 Å². The molecule has 8 aromatic rings. The van der Waals surface area contributed by atoms with E-state index in [-0.39, 0.29) is 28.8 Å². The van der Waals surface area contributed by atoms with Crippen LogP contribution in [-0.4, -0.2) is 27.0 Å². The number of nitro groups is 1. The van der Waals surface area contributed by atoms with Crippen molar-refractivity contribution in [3.63, 3.8) is 0 Å². The molecule has 0 unspecified atom stereocenters. The molecule has 6 N–H and O–H groups in total. The zero-order chi connectivity index (χ0) is 50.4. The molecule has 12 nitrogen and oxygen atoms in total. The predicted molar refractivity (Wildman–Crippen MR) is 291 cm³/mol. The van der Waals surface area contributed by atoms with Crippen molar-refractivity contribution in [2.45, 2.75) is 79.3 Å². The first-order valence-corrected chi connectivity index (χ1v) is 24.5. The molecule has 0 saturated heterocycles. The zero-order valence-electron chi connectivity index (χ0n) is 39.6. The molecule has 2 atom stereocenters. The Morgan fingerprint density at radius 2 is 0.986 bits per heavy atom. The number of hydrogen-bond acceptors (Lipinski definition) is 5. The van der Waals surface area contributed by atoms with Crippen molar-refractivity contribution >= 4 is 114 Å². The Kier molecular flexibility index (Phi) is 16.3. The Morgan fingerprint density at radius 3 is 1.39 bits per heavy atom. The number of benzene rings is 6. The SMILES string of the molecule is CCc1c(Cl)cc([N+](=O)[O-])c(CC)c1NC(=O)N(c1ccc2[nH]ccc2c1)[C@@H](C)c1ccc(Cl)cc1.CCc1c(N)cc(Cl)c(CC)c1NC(=O)N(c1ccc2[nH]ccc2c1)[C@@H](C)c1ccc(Cl)cc1. The van der Waals surface area contributed by atoms with Gasteiger partial charge in [-0.3, -0.25) is 19.9 Å². The first kappa shape index (κ1) is 51.2. The number of amides is 4.